The minimum atomic E-state index is -0.243. The van der Waals surface area contributed by atoms with E-state index in [-0.39, 0.29) is 12.6 Å². The van der Waals surface area contributed by atoms with Gasteiger partial charge in [0.2, 0.25) is 0 Å². The second-order valence-corrected chi connectivity index (χ2v) is 4.40. The molecule has 0 aliphatic carbocycles. The van der Waals surface area contributed by atoms with Crippen LogP contribution < -0.4 is 4.74 Å². The Morgan fingerprint density at radius 3 is 2.68 bits per heavy atom. The van der Waals surface area contributed by atoms with Crippen molar-refractivity contribution in [2.45, 2.75) is 25.8 Å². The molecule has 1 N–H and O–H groups in total. The quantitative estimate of drug-likeness (QED) is 0.334. The lowest BCUT2D eigenvalue weighted by Crippen LogP contribution is -1.99. The molecular weight excluding hydrogens is 242 g/mol. The van der Waals surface area contributed by atoms with Crippen LogP contribution in [0.25, 0.3) is 10.4 Å². The highest BCUT2D eigenvalue weighted by Gasteiger charge is 2.09. The molecule has 0 fully saturated rings. The Morgan fingerprint density at radius 2 is 2.16 bits per heavy atom. The highest BCUT2D eigenvalue weighted by Crippen LogP contribution is 2.25. The molecule has 1 atom stereocenters. The summed E-state index contributed by atoms with van der Waals surface area (Å²) in [7, 11) is 0. The van der Waals surface area contributed by atoms with Crippen LogP contribution >= 0.6 is 0 Å². The van der Waals surface area contributed by atoms with Gasteiger partial charge in [0, 0.05) is 11.5 Å². The minimum absolute atomic E-state index is 0.0945. The average molecular weight is 261 g/mol. The molecule has 0 aliphatic rings. The van der Waals surface area contributed by atoms with Gasteiger partial charge in [-0.15, -0.1) is 0 Å². The van der Waals surface area contributed by atoms with Crippen LogP contribution in [0.3, 0.4) is 0 Å². The van der Waals surface area contributed by atoms with Gasteiger partial charge in [-0.1, -0.05) is 23.8 Å². The Balaban J connectivity index is 2.71. The van der Waals surface area contributed by atoms with Crippen molar-refractivity contribution >= 4 is 0 Å². The third-order valence-electron chi connectivity index (χ3n) is 2.58. The van der Waals surface area contributed by atoms with E-state index in [2.05, 4.69) is 16.6 Å². The van der Waals surface area contributed by atoms with E-state index in [0.717, 1.165) is 16.9 Å². The van der Waals surface area contributed by atoms with Crippen LogP contribution in [0.15, 0.2) is 41.5 Å². The molecule has 0 saturated carbocycles. The Labute approximate surface area is 113 Å². The van der Waals surface area contributed by atoms with E-state index in [9.17, 15) is 0 Å². The van der Waals surface area contributed by atoms with Gasteiger partial charge in [0.25, 0.3) is 0 Å². The first kappa shape index (κ1) is 15.1. The van der Waals surface area contributed by atoms with Crippen LogP contribution in [0.2, 0.25) is 0 Å². The number of benzene rings is 1. The molecule has 1 aromatic rings. The van der Waals surface area contributed by atoms with Gasteiger partial charge in [-0.25, -0.2) is 0 Å². The predicted octanol–water partition coefficient (Wildman–Crippen LogP) is 3.77. The lowest BCUT2D eigenvalue weighted by Gasteiger charge is -2.12. The van der Waals surface area contributed by atoms with Crippen LogP contribution in [0.5, 0.6) is 5.75 Å². The van der Waals surface area contributed by atoms with Crippen molar-refractivity contribution in [3.8, 4) is 5.75 Å². The van der Waals surface area contributed by atoms with E-state index in [1.54, 1.807) is 0 Å². The maximum atomic E-state index is 8.83. The second kappa shape index (κ2) is 8.19. The molecule has 0 radical (unpaired) electrons. The van der Waals surface area contributed by atoms with Gasteiger partial charge in [0.1, 0.15) is 12.4 Å². The summed E-state index contributed by atoms with van der Waals surface area (Å²) in [6.45, 7) is 6.26. The van der Waals surface area contributed by atoms with E-state index in [1.165, 1.54) is 0 Å². The van der Waals surface area contributed by atoms with Crippen LogP contribution in [-0.4, -0.2) is 18.3 Å². The maximum Gasteiger partial charge on any atom is 0.119 e. The third-order valence-corrected chi connectivity index (χ3v) is 2.58. The summed E-state index contributed by atoms with van der Waals surface area (Å²) in [5.41, 5.74) is 10.4. The highest BCUT2D eigenvalue weighted by molar-refractivity contribution is 5.29. The molecule has 0 saturated heterocycles. The van der Waals surface area contributed by atoms with Gasteiger partial charge < -0.3 is 9.84 Å². The summed E-state index contributed by atoms with van der Waals surface area (Å²) in [4.78, 5) is 2.85. The number of nitrogens with zero attached hydrogens (tertiary/aromatic N) is 3. The first-order chi connectivity index (χ1) is 9.17. The average Bonchev–Trinajstić information content (AvgIpc) is 2.42. The monoisotopic (exact) mass is 261 g/mol. The molecule has 0 spiro atoms. The first-order valence-electron chi connectivity index (χ1n) is 6.19. The van der Waals surface area contributed by atoms with Crippen molar-refractivity contribution in [2.75, 3.05) is 13.2 Å². The summed E-state index contributed by atoms with van der Waals surface area (Å²) in [6, 6.07) is 7.20. The lowest BCUT2D eigenvalue weighted by molar-refractivity contribution is 0.280. The van der Waals surface area contributed by atoms with Crippen LogP contribution in [0.1, 0.15) is 31.4 Å². The molecule has 0 aliphatic heterocycles. The smallest absolute Gasteiger partial charge is 0.119 e. The Hall–Kier alpha value is -1.97. The van der Waals surface area contributed by atoms with Crippen molar-refractivity contribution in [1.29, 1.82) is 0 Å². The molecule has 5 nitrogen and oxygen atoms in total. The van der Waals surface area contributed by atoms with E-state index < -0.39 is 0 Å². The molecule has 1 unspecified atom stereocenters. The maximum absolute atomic E-state index is 8.83. The number of hydrogen-bond acceptors (Lipinski definition) is 3. The number of aliphatic hydroxyl groups excluding tert-OH is 1. The zero-order chi connectivity index (χ0) is 14.1. The van der Waals surface area contributed by atoms with Gasteiger partial charge in [-0.05, 0) is 48.6 Å². The van der Waals surface area contributed by atoms with E-state index in [1.807, 2.05) is 31.2 Å². The normalized spacial score (nSPS) is 11.5. The van der Waals surface area contributed by atoms with Crippen molar-refractivity contribution in [1.82, 2.24) is 0 Å². The van der Waals surface area contributed by atoms with Crippen molar-refractivity contribution in [3.05, 3.63) is 52.4 Å². The Morgan fingerprint density at radius 1 is 1.47 bits per heavy atom. The fourth-order valence-electron chi connectivity index (χ4n) is 1.63. The Kier molecular flexibility index (Phi) is 6.50. The summed E-state index contributed by atoms with van der Waals surface area (Å²) in [5, 5.41) is 12.6. The van der Waals surface area contributed by atoms with Crippen LogP contribution in [-0.2, 0) is 0 Å². The third kappa shape index (κ3) is 5.46. The zero-order valence-corrected chi connectivity index (χ0v) is 11.1. The highest BCUT2D eigenvalue weighted by atomic mass is 16.5. The number of hydrogen-bond donors (Lipinski definition) is 1. The van der Waals surface area contributed by atoms with Gasteiger partial charge in [-0.2, -0.15) is 0 Å². The molecule has 0 aromatic heterocycles. The molecule has 1 aromatic carbocycles. The van der Waals surface area contributed by atoms with E-state index in [0.29, 0.717) is 19.4 Å². The van der Waals surface area contributed by atoms with E-state index >= 15 is 0 Å². The van der Waals surface area contributed by atoms with Gasteiger partial charge in [0.05, 0.1) is 6.04 Å². The van der Waals surface area contributed by atoms with Crippen LogP contribution in [0.4, 0.5) is 0 Å². The summed E-state index contributed by atoms with van der Waals surface area (Å²) >= 11 is 0. The van der Waals surface area contributed by atoms with Gasteiger partial charge in [-0.3, -0.25) is 0 Å². The fraction of sp³-hybridized carbons (Fsp3) is 0.429. The SMILES string of the molecule is C=C(C)COc1ccc(C(CCCO)N=[N+]=[N-])cc1. The van der Waals surface area contributed by atoms with E-state index in [4.69, 9.17) is 15.4 Å². The minimum Gasteiger partial charge on any atom is -0.489 e. The van der Waals surface area contributed by atoms with Gasteiger partial charge >= 0.3 is 0 Å². The molecule has 0 amide bonds. The fourth-order valence-corrected chi connectivity index (χ4v) is 1.63. The molecular formula is C14H19N3O2. The summed E-state index contributed by atoms with van der Waals surface area (Å²) in [5.74, 6) is 0.758. The molecule has 19 heavy (non-hydrogen) atoms. The van der Waals surface area contributed by atoms with Crippen molar-refractivity contribution in [3.63, 3.8) is 0 Å². The Bertz CT molecular complexity index is 450. The number of aliphatic hydroxyl groups is 1. The van der Waals surface area contributed by atoms with Gasteiger partial charge in [0.15, 0.2) is 0 Å². The molecule has 5 heteroatoms. The molecule has 102 valence electrons. The number of ether oxygens (including phenoxy) is 1. The topological polar surface area (TPSA) is 78.2 Å². The summed E-state index contributed by atoms with van der Waals surface area (Å²) < 4.78 is 5.50. The van der Waals surface area contributed by atoms with Crippen molar-refractivity contribution in [2.24, 2.45) is 5.11 Å². The lowest BCUT2D eigenvalue weighted by atomic mass is 10.0. The van der Waals surface area contributed by atoms with Crippen molar-refractivity contribution < 1.29 is 9.84 Å². The predicted molar refractivity (Wildman–Crippen MR) is 75.0 cm³/mol. The summed E-state index contributed by atoms with van der Waals surface area (Å²) in [6.07, 6.45) is 1.24. The largest absolute Gasteiger partial charge is 0.489 e. The van der Waals surface area contributed by atoms with Crippen LogP contribution in [0, 0.1) is 0 Å². The molecule has 0 bridgehead atoms. The second-order valence-electron chi connectivity index (χ2n) is 4.40. The standard InChI is InChI=1S/C14H19N3O2/c1-11(2)10-19-13-7-5-12(6-8-13)14(16-17-15)4-3-9-18/h5-8,14,18H,1,3-4,9-10H2,2H3. The zero-order valence-electron chi connectivity index (χ0n) is 11.1. The molecule has 0 heterocycles. The molecule has 1 rings (SSSR count). The number of azide groups is 1. The number of rotatable bonds is 8. The first-order valence-corrected chi connectivity index (χ1v) is 6.19.